The molecule has 2 atom stereocenters. The molecule has 2 unspecified atom stereocenters. The van der Waals surface area contributed by atoms with E-state index >= 15 is 0 Å². The highest BCUT2D eigenvalue weighted by Gasteiger charge is 2.35. The van der Waals surface area contributed by atoms with Gasteiger partial charge >= 0.3 is 12.4 Å². The minimum absolute atomic E-state index is 0.0504. The lowest BCUT2D eigenvalue weighted by Gasteiger charge is -2.33. The summed E-state index contributed by atoms with van der Waals surface area (Å²) in [5, 5.41) is 28.8. The predicted molar refractivity (Wildman–Crippen MR) is 157 cm³/mol. The van der Waals surface area contributed by atoms with E-state index in [-0.39, 0.29) is 58.9 Å². The number of aromatic hydroxyl groups is 2. The molecule has 4 nitrogen and oxygen atoms in total. The predicted octanol–water partition coefficient (Wildman–Crippen LogP) is 8.66. The first-order chi connectivity index (χ1) is 20.9. The minimum Gasteiger partial charge on any atom is -0.507 e. The third-order valence-electron chi connectivity index (χ3n) is 8.16. The van der Waals surface area contributed by atoms with Crippen molar-refractivity contribution in [2.75, 3.05) is 0 Å². The number of phenols is 2. The fourth-order valence-corrected chi connectivity index (χ4v) is 5.93. The standard InChI is InChI=1S/C34H32F6N2O2/c35-33(36,37)27-15-3-1-11-23(27)25-13-7-9-21(31(25)43)19-41-29-17-5-6-18-30(29)42-20-22-10-8-14-26(32(22)44)24-12-2-4-16-28(24)34(38,39)40/h1-4,7-16,29-30,41-44H,5-6,17-20H2. The van der Waals surface area contributed by atoms with Gasteiger partial charge in [-0.1, -0.05) is 85.6 Å². The van der Waals surface area contributed by atoms with Gasteiger partial charge in [-0.25, -0.2) is 0 Å². The van der Waals surface area contributed by atoms with E-state index in [1.807, 2.05) is 0 Å². The first-order valence-corrected chi connectivity index (χ1v) is 14.4. The van der Waals surface area contributed by atoms with Crippen LogP contribution in [0.5, 0.6) is 11.5 Å². The number of alkyl halides is 6. The van der Waals surface area contributed by atoms with Gasteiger partial charge in [-0.15, -0.1) is 0 Å². The molecule has 0 heterocycles. The van der Waals surface area contributed by atoms with E-state index in [0.29, 0.717) is 11.1 Å². The summed E-state index contributed by atoms with van der Waals surface area (Å²) in [5.41, 5.74) is -0.754. The highest BCUT2D eigenvalue weighted by Crippen LogP contribution is 2.42. The number of nitrogens with one attached hydrogen (secondary N) is 2. The maximum Gasteiger partial charge on any atom is 0.417 e. The lowest BCUT2D eigenvalue weighted by Crippen LogP contribution is -2.49. The summed E-state index contributed by atoms with van der Waals surface area (Å²) in [4.78, 5) is 0. The molecule has 4 aromatic rings. The Morgan fingerprint density at radius 1 is 0.523 bits per heavy atom. The lowest BCUT2D eigenvalue weighted by molar-refractivity contribution is -0.137. The Balaban J connectivity index is 1.30. The van der Waals surface area contributed by atoms with Crippen molar-refractivity contribution < 1.29 is 36.6 Å². The highest BCUT2D eigenvalue weighted by molar-refractivity contribution is 5.76. The largest absolute Gasteiger partial charge is 0.507 e. The van der Waals surface area contributed by atoms with E-state index in [4.69, 9.17) is 0 Å². The zero-order valence-corrected chi connectivity index (χ0v) is 23.6. The van der Waals surface area contributed by atoms with Gasteiger partial charge < -0.3 is 20.8 Å². The summed E-state index contributed by atoms with van der Waals surface area (Å²) in [6.07, 6.45) is -5.63. The van der Waals surface area contributed by atoms with Gasteiger partial charge in [-0.05, 0) is 36.1 Å². The van der Waals surface area contributed by atoms with Gasteiger partial charge in [0.05, 0.1) is 11.1 Å². The van der Waals surface area contributed by atoms with Crippen LogP contribution in [0.2, 0.25) is 0 Å². The van der Waals surface area contributed by atoms with Crippen molar-refractivity contribution in [2.24, 2.45) is 0 Å². The van der Waals surface area contributed by atoms with Crippen molar-refractivity contribution in [3.05, 3.63) is 107 Å². The second-order valence-electron chi connectivity index (χ2n) is 11.0. The average Bonchev–Trinajstić information content (AvgIpc) is 3.00. The second-order valence-corrected chi connectivity index (χ2v) is 11.0. The number of benzene rings is 4. The maximum absolute atomic E-state index is 13.6. The van der Waals surface area contributed by atoms with Crippen LogP contribution in [0.3, 0.4) is 0 Å². The summed E-state index contributed by atoms with van der Waals surface area (Å²) in [7, 11) is 0. The highest BCUT2D eigenvalue weighted by atomic mass is 19.4. The van der Waals surface area contributed by atoms with E-state index in [1.165, 1.54) is 48.5 Å². The fourth-order valence-electron chi connectivity index (χ4n) is 5.93. The SMILES string of the molecule is Oc1c(CNC2CCCCC2NCc2cccc(-c3ccccc3C(F)(F)F)c2O)cccc1-c1ccccc1C(F)(F)F. The van der Waals surface area contributed by atoms with Gasteiger partial charge in [0.1, 0.15) is 11.5 Å². The Labute approximate surface area is 251 Å². The molecule has 0 aliphatic heterocycles. The first kappa shape index (κ1) is 31.4. The number of rotatable bonds is 8. The van der Waals surface area contributed by atoms with Crippen molar-refractivity contribution in [2.45, 2.75) is 63.2 Å². The molecular formula is C34H32F6N2O2. The molecule has 232 valence electrons. The number of para-hydroxylation sites is 2. The molecule has 1 aliphatic carbocycles. The van der Waals surface area contributed by atoms with Gasteiger partial charge in [-0.2, -0.15) is 26.3 Å². The molecule has 1 saturated carbocycles. The molecule has 0 amide bonds. The number of phenolic OH excluding ortho intramolecular Hbond substituents is 2. The van der Waals surface area contributed by atoms with Crippen LogP contribution in [0.15, 0.2) is 84.9 Å². The van der Waals surface area contributed by atoms with Gasteiger partial charge in [0.2, 0.25) is 0 Å². The quantitative estimate of drug-likeness (QED) is 0.150. The molecule has 1 fully saturated rings. The zero-order valence-electron chi connectivity index (χ0n) is 23.6. The van der Waals surface area contributed by atoms with Crippen LogP contribution in [-0.2, 0) is 25.4 Å². The van der Waals surface area contributed by atoms with E-state index < -0.39 is 23.5 Å². The summed E-state index contributed by atoms with van der Waals surface area (Å²) in [6, 6.07) is 19.6. The maximum atomic E-state index is 13.6. The van der Waals surface area contributed by atoms with Gasteiger partial charge in [0.25, 0.3) is 0 Å². The van der Waals surface area contributed by atoms with E-state index in [1.54, 1.807) is 24.3 Å². The lowest BCUT2D eigenvalue weighted by atomic mass is 9.89. The van der Waals surface area contributed by atoms with Crippen molar-refractivity contribution in [3.8, 4) is 33.8 Å². The molecule has 0 spiro atoms. The minimum atomic E-state index is -4.58. The smallest absolute Gasteiger partial charge is 0.417 e. The van der Waals surface area contributed by atoms with Crippen LogP contribution in [0, 0.1) is 0 Å². The molecule has 5 rings (SSSR count). The van der Waals surface area contributed by atoms with Gasteiger partial charge in [0, 0.05) is 47.4 Å². The average molecular weight is 615 g/mol. The number of hydrogen-bond donors (Lipinski definition) is 4. The van der Waals surface area contributed by atoms with Crippen molar-refractivity contribution in [3.63, 3.8) is 0 Å². The van der Waals surface area contributed by atoms with E-state index in [2.05, 4.69) is 10.6 Å². The van der Waals surface area contributed by atoms with Crippen molar-refractivity contribution in [1.29, 1.82) is 0 Å². The van der Waals surface area contributed by atoms with Crippen LogP contribution in [0.25, 0.3) is 22.3 Å². The first-order valence-electron chi connectivity index (χ1n) is 14.4. The Kier molecular flexibility index (Phi) is 9.22. The summed E-state index contributed by atoms with van der Waals surface area (Å²) in [5.74, 6) is -0.448. The molecule has 44 heavy (non-hydrogen) atoms. The Morgan fingerprint density at radius 3 is 1.27 bits per heavy atom. The van der Waals surface area contributed by atoms with Crippen molar-refractivity contribution in [1.82, 2.24) is 10.6 Å². The van der Waals surface area contributed by atoms with Crippen LogP contribution in [-0.4, -0.2) is 22.3 Å². The van der Waals surface area contributed by atoms with E-state index in [9.17, 15) is 36.6 Å². The normalized spacial score (nSPS) is 17.5. The van der Waals surface area contributed by atoms with Crippen LogP contribution in [0.4, 0.5) is 26.3 Å². The molecule has 10 heteroatoms. The van der Waals surface area contributed by atoms with Crippen molar-refractivity contribution >= 4 is 0 Å². The zero-order chi connectivity index (χ0) is 31.5. The number of hydrogen-bond acceptors (Lipinski definition) is 4. The molecule has 0 bridgehead atoms. The Hall–Kier alpha value is -4.02. The Bertz CT molecular complexity index is 1480. The van der Waals surface area contributed by atoms with Crippen LogP contribution >= 0.6 is 0 Å². The summed E-state index contributed by atoms with van der Waals surface area (Å²) < 4.78 is 81.8. The van der Waals surface area contributed by atoms with Crippen LogP contribution < -0.4 is 10.6 Å². The molecule has 1 aliphatic rings. The second kappa shape index (κ2) is 12.9. The third-order valence-corrected chi connectivity index (χ3v) is 8.16. The summed E-state index contributed by atoms with van der Waals surface area (Å²) >= 11 is 0. The van der Waals surface area contributed by atoms with E-state index in [0.717, 1.165) is 37.8 Å². The molecule has 0 aromatic heterocycles. The Morgan fingerprint density at radius 2 is 0.886 bits per heavy atom. The molecule has 4 aromatic carbocycles. The van der Waals surface area contributed by atoms with Crippen LogP contribution in [0.1, 0.15) is 47.9 Å². The van der Waals surface area contributed by atoms with Gasteiger partial charge in [-0.3, -0.25) is 0 Å². The fraction of sp³-hybridized carbons (Fsp3) is 0.294. The third kappa shape index (κ3) is 6.87. The van der Waals surface area contributed by atoms with Gasteiger partial charge in [0.15, 0.2) is 0 Å². The number of halogens is 6. The molecule has 0 radical (unpaired) electrons. The topological polar surface area (TPSA) is 64.5 Å². The molecule has 4 N–H and O–H groups in total. The molecular weight excluding hydrogens is 582 g/mol. The molecule has 0 saturated heterocycles. The summed E-state index contributed by atoms with van der Waals surface area (Å²) in [6.45, 7) is 0.428. The monoisotopic (exact) mass is 614 g/mol.